The maximum atomic E-state index is 5.89. The molecule has 0 bridgehead atoms. The molecule has 1 unspecified atom stereocenters. The van der Waals surface area contributed by atoms with Crippen molar-refractivity contribution in [1.29, 1.82) is 0 Å². The Morgan fingerprint density at radius 3 is 2.44 bits per heavy atom. The third kappa shape index (κ3) is 2.68. The van der Waals surface area contributed by atoms with Gasteiger partial charge in [-0.2, -0.15) is 0 Å². The summed E-state index contributed by atoms with van der Waals surface area (Å²) in [5, 5.41) is 0. The van der Waals surface area contributed by atoms with Crippen LogP contribution in [0.3, 0.4) is 0 Å². The molecular formula is C15H19N3. The van der Waals surface area contributed by atoms with E-state index in [1.165, 1.54) is 5.56 Å². The average Bonchev–Trinajstić information content (AvgIpc) is 2.39. The van der Waals surface area contributed by atoms with E-state index < -0.39 is 0 Å². The summed E-state index contributed by atoms with van der Waals surface area (Å²) < 4.78 is 0. The Balaban J connectivity index is 2.30. The summed E-state index contributed by atoms with van der Waals surface area (Å²) in [5.41, 5.74) is 9.37. The third-order valence-corrected chi connectivity index (χ3v) is 3.06. The zero-order valence-electron chi connectivity index (χ0n) is 11.1. The van der Waals surface area contributed by atoms with Crippen LogP contribution in [0.1, 0.15) is 24.1 Å². The fourth-order valence-electron chi connectivity index (χ4n) is 1.80. The predicted octanol–water partition coefficient (Wildman–Crippen LogP) is 3.18. The van der Waals surface area contributed by atoms with Gasteiger partial charge in [0.15, 0.2) is 0 Å². The largest absolute Gasteiger partial charge is 0.329 e. The molecule has 3 nitrogen and oxygen atoms in total. The van der Waals surface area contributed by atoms with Gasteiger partial charge in [-0.25, -0.2) is 4.98 Å². The van der Waals surface area contributed by atoms with E-state index in [1.807, 2.05) is 26.1 Å². The highest BCUT2D eigenvalue weighted by Crippen LogP contribution is 2.23. The number of aromatic nitrogens is 1. The second-order valence-corrected chi connectivity index (χ2v) is 4.63. The van der Waals surface area contributed by atoms with Crippen LogP contribution in [0.2, 0.25) is 0 Å². The average molecular weight is 241 g/mol. The maximum absolute atomic E-state index is 5.89. The van der Waals surface area contributed by atoms with Crippen molar-refractivity contribution in [3.63, 3.8) is 0 Å². The molecular weight excluding hydrogens is 222 g/mol. The number of hydrogen-bond donors (Lipinski definition) is 1. The Morgan fingerprint density at radius 1 is 1.17 bits per heavy atom. The van der Waals surface area contributed by atoms with Gasteiger partial charge >= 0.3 is 0 Å². The van der Waals surface area contributed by atoms with Gasteiger partial charge in [0.1, 0.15) is 5.82 Å². The van der Waals surface area contributed by atoms with E-state index >= 15 is 0 Å². The lowest BCUT2D eigenvalue weighted by Crippen LogP contribution is -2.13. The molecule has 1 heterocycles. The van der Waals surface area contributed by atoms with Crippen LogP contribution < -0.4 is 10.6 Å². The Hall–Kier alpha value is -1.87. The Morgan fingerprint density at radius 2 is 1.83 bits per heavy atom. The number of hydrogen-bond acceptors (Lipinski definition) is 3. The quantitative estimate of drug-likeness (QED) is 0.897. The van der Waals surface area contributed by atoms with Gasteiger partial charge in [-0.1, -0.05) is 17.7 Å². The number of nitrogens with two attached hydrogens (primary N) is 1. The standard InChI is InChI=1S/C15H19N3/c1-11-4-6-14(7-5-11)18(3)15-10-13(12(2)16)8-9-17-15/h4-10,12H,16H2,1-3H3. The second-order valence-electron chi connectivity index (χ2n) is 4.63. The number of benzene rings is 1. The summed E-state index contributed by atoms with van der Waals surface area (Å²) in [4.78, 5) is 6.45. The van der Waals surface area contributed by atoms with Crippen LogP contribution >= 0.6 is 0 Å². The molecule has 1 aromatic heterocycles. The molecule has 0 amide bonds. The van der Waals surface area contributed by atoms with Crippen LogP contribution in [0, 0.1) is 6.92 Å². The van der Waals surface area contributed by atoms with Crippen molar-refractivity contribution in [2.24, 2.45) is 5.73 Å². The summed E-state index contributed by atoms with van der Waals surface area (Å²) in [7, 11) is 2.01. The normalized spacial score (nSPS) is 12.2. The number of anilines is 2. The highest BCUT2D eigenvalue weighted by Gasteiger charge is 2.07. The molecule has 0 fully saturated rings. The van der Waals surface area contributed by atoms with E-state index in [0.29, 0.717) is 0 Å². The summed E-state index contributed by atoms with van der Waals surface area (Å²) in [5.74, 6) is 0.911. The van der Waals surface area contributed by atoms with Gasteiger partial charge in [0.25, 0.3) is 0 Å². The van der Waals surface area contributed by atoms with Crippen LogP contribution in [-0.4, -0.2) is 12.0 Å². The lowest BCUT2D eigenvalue weighted by molar-refractivity contribution is 0.814. The Bertz CT molecular complexity index is 518. The number of aryl methyl sites for hydroxylation is 1. The van der Waals surface area contributed by atoms with Gasteiger partial charge in [-0.05, 0) is 43.7 Å². The summed E-state index contributed by atoms with van der Waals surface area (Å²) in [6, 6.07) is 12.4. The van der Waals surface area contributed by atoms with Gasteiger partial charge < -0.3 is 10.6 Å². The van der Waals surface area contributed by atoms with E-state index in [-0.39, 0.29) is 6.04 Å². The predicted molar refractivity (Wildman–Crippen MR) is 76.1 cm³/mol. The minimum atomic E-state index is 0.0261. The molecule has 0 saturated carbocycles. The highest BCUT2D eigenvalue weighted by molar-refractivity contribution is 5.59. The van der Waals surface area contributed by atoms with Crippen molar-refractivity contribution in [2.75, 3.05) is 11.9 Å². The summed E-state index contributed by atoms with van der Waals surface area (Å²) in [6.45, 7) is 4.06. The van der Waals surface area contributed by atoms with Crippen molar-refractivity contribution in [1.82, 2.24) is 4.98 Å². The van der Waals surface area contributed by atoms with Crippen LogP contribution in [0.4, 0.5) is 11.5 Å². The summed E-state index contributed by atoms with van der Waals surface area (Å²) in [6.07, 6.45) is 1.80. The van der Waals surface area contributed by atoms with Crippen molar-refractivity contribution in [2.45, 2.75) is 19.9 Å². The SMILES string of the molecule is Cc1ccc(N(C)c2cc(C(C)N)ccn2)cc1. The van der Waals surface area contributed by atoms with Crippen LogP contribution in [0.25, 0.3) is 0 Å². The Labute approximate surface area is 108 Å². The van der Waals surface area contributed by atoms with E-state index in [0.717, 1.165) is 17.1 Å². The molecule has 18 heavy (non-hydrogen) atoms. The lowest BCUT2D eigenvalue weighted by atomic mass is 10.1. The first-order valence-electron chi connectivity index (χ1n) is 6.10. The second kappa shape index (κ2) is 5.19. The molecule has 0 aliphatic rings. The number of nitrogens with zero attached hydrogens (tertiary/aromatic N) is 2. The van der Waals surface area contributed by atoms with E-state index in [2.05, 4.69) is 41.1 Å². The summed E-state index contributed by atoms with van der Waals surface area (Å²) >= 11 is 0. The van der Waals surface area contributed by atoms with Crippen molar-refractivity contribution >= 4 is 11.5 Å². The third-order valence-electron chi connectivity index (χ3n) is 3.06. The van der Waals surface area contributed by atoms with Gasteiger partial charge in [-0.3, -0.25) is 0 Å². The molecule has 0 aliphatic carbocycles. The minimum Gasteiger partial charge on any atom is -0.329 e. The van der Waals surface area contributed by atoms with Crippen molar-refractivity contribution < 1.29 is 0 Å². The van der Waals surface area contributed by atoms with Crippen molar-refractivity contribution in [3.8, 4) is 0 Å². The van der Waals surface area contributed by atoms with Crippen molar-refractivity contribution in [3.05, 3.63) is 53.7 Å². The molecule has 3 heteroatoms. The maximum Gasteiger partial charge on any atom is 0.132 e. The fraction of sp³-hybridized carbons (Fsp3) is 0.267. The van der Waals surface area contributed by atoms with Crippen LogP contribution in [-0.2, 0) is 0 Å². The van der Waals surface area contributed by atoms with Gasteiger partial charge in [-0.15, -0.1) is 0 Å². The topological polar surface area (TPSA) is 42.1 Å². The lowest BCUT2D eigenvalue weighted by Gasteiger charge is -2.19. The molecule has 2 N–H and O–H groups in total. The highest BCUT2D eigenvalue weighted by atomic mass is 15.2. The fourth-order valence-corrected chi connectivity index (χ4v) is 1.80. The molecule has 1 atom stereocenters. The first-order valence-corrected chi connectivity index (χ1v) is 6.10. The molecule has 94 valence electrons. The molecule has 0 saturated heterocycles. The molecule has 1 aromatic carbocycles. The number of rotatable bonds is 3. The first kappa shape index (κ1) is 12.6. The van der Waals surface area contributed by atoms with Gasteiger partial charge in [0.2, 0.25) is 0 Å². The molecule has 0 radical (unpaired) electrons. The van der Waals surface area contributed by atoms with Gasteiger partial charge in [0, 0.05) is 25.0 Å². The zero-order valence-corrected chi connectivity index (χ0v) is 11.1. The molecule has 2 rings (SSSR count). The van der Waals surface area contributed by atoms with E-state index in [4.69, 9.17) is 5.73 Å². The first-order chi connectivity index (χ1) is 8.58. The van der Waals surface area contributed by atoms with Gasteiger partial charge in [0.05, 0.1) is 0 Å². The monoisotopic (exact) mass is 241 g/mol. The number of pyridine rings is 1. The Kier molecular flexibility index (Phi) is 3.63. The molecule has 0 spiro atoms. The van der Waals surface area contributed by atoms with E-state index in [1.54, 1.807) is 6.20 Å². The van der Waals surface area contributed by atoms with Crippen LogP contribution in [0.5, 0.6) is 0 Å². The molecule has 2 aromatic rings. The van der Waals surface area contributed by atoms with E-state index in [9.17, 15) is 0 Å². The smallest absolute Gasteiger partial charge is 0.132 e. The molecule has 0 aliphatic heterocycles. The zero-order chi connectivity index (χ0) is 13.1. The van der Waals surface area contributed by atoms with Crippen LogP contribution in [0.15, 0.2) is 42.6 Å². The minimum absolute atomic E-state index is 0.0261.